The number of nitrogens with zero attached hydrogens (tertiary/aromatic N) is 2. The van der Waals surface area contributed by atoms with E-state index >= 15 is 0 Å². The lowest BCUT2D eigenvalue weighted by atomic mass is 10.3. The first kappa shape index (κ1) is 18.9. The Bertz CT molecular complexity index is 982. The fourth-order valence-electron chi connectivity index (χ4n) is 2.94. The lowest BCUT2D eigenvalue weighted by molar-refractivity contribution is 1.24. The van der Waals surface area contributed by atoms with E-state index in [0.29, 0.717) is 0 Å². The number of thiophene rings is 2. The monoisotopic (exact) mass is 420 g/mol. The fourth-order valence-corrected chi connectivity index (χ4v) is 5.27. The number of para-hydroxylation sites is 2. The van der Waals surface area contributed by atoms with Crippen LogP contribution in [0.3, 0.4) is 0 Å². The van der Waals surface area contributed by atoms with E-state index < -0.39 is 0 Å². The molecular weight excluding hydrogens is 400 g/mol. The van der Waals surface area contributed by atoms with Crippen LogP contribution in [0, 0.1) is 0 Å². The highest BCUT2D eigenvalue weighted by atomic mass is 32.1. The number of hydrogen-bond donors (Lipinski definition) is 0. The minimum Gasteiger partial charge on any atom is -0.336 e. The summed E-state index contributed by atoms with van der Waals surface area (Å²) < 4.78 is 0. The molecule has 28 heavy (non-hydrogen) atoms. The average molecular weight is 421 g/mol. The summed E-state index contributed by atoms with van der Waals surface area (Å²) in [7, 11) is 4.18. The Morgan fingerprint density at radius 3 is 1.39 bits per heavy atom. The molecule has 0 amide bonds. The number of anilines is 4. The Kier molecular flexibility index (Phi) is 5.57. The van der Waals surface area contributed by atoms with E-state index in [2.05, 4.69) is 96.7 Å². The molecule has 0 saturated carbocycles. The maximum atomic E-state index is 5.80. The fraction of sp³-hybridized carbons (Fsp3) is 0.0870. The van der Waals surface area contributed by atoms with Crippen LogP contribution in [-0.4, -0.2) is 19.0 Å². The van der Waals surface area contributed by atoms with E-state index in [1.165, 1.54) is 21.4 Å². The van der Waals surface area contributed by atoms with Gasteiger partial charge in [-0.05, 0) is 48.5 Å². The zero-order chi connectivity index (χ0) is 19.5. The molecule has 0 aliphatic heterocycles. The van der Waals surface area contributed by atoms with Crippen LogP contribution in [0.5, 0.6) is 0 Å². The molecule has 0 aliphatic carbocycles. The van der Waals surface area contributed by atoms with Gasteiger partial charge in [-0.2, -0.15) is 0 Å². The van der Waals surface area contributed by atoms with Crippen molar-refractivity contribution < 1.29 is 0 Å². The minimum absolute atomic E-state index is 0.912. The van der Waals surface area contributed by atoms with Crippen molar-refractivity contribution in [2.75, 3.05) is 23.9 Å². The molecule has 0 aliphatic rings. The topological polar surface area (TPSA) is 6.48 Å². The van der Waals surface area contributed by atoms with Crippen molar-refractivity contribution in [1.82, 2.24) is 0 Å². The first-order chi connectivity index (χ1) is 13.6. The maximum Gasteiger partial charge on any atom is 0.0957 e. The number of thiocarbonyl (C=S) groups is 1. The largest absolute Gasteiger partial charge is 0.336 e. The van der Waals surface area contributed by atoms with Crippen molar-refractivity contribution in [2.45, 2.75) is 0 Å². The van der Waals surface area contributed by atoms with Gasteiger partial charge in [-0.15, -0.1) is 22.7 Å². The zero-order valence-electron chi connectivity index (χ0n) is 15.7. The Labute approximate surface area is 179 Å². The average Bonchev–Trinajstić information content (AvgIpc) is 3.44. The Balaban J connectivity index is 1.53. The molecule has 0 saturated heterocycles. The Hall–Kier alpha value is -2.47. The van der Waals surface area contributed by atoms with Crippen LogP contribution in [0.25, 0.3) is 0 Å². The second-order valence-corrected chi connectivity index (χ2v) is 8.93. The third-order valence-electron chi connectivity index (χ3n) is 4.58. The lowest BCUT2D eigenvalue weighted by Crippen LogP contribution is -2.07. The van der Waals surface area contributed by atoms with Gasteiger partial charge in [-0.25, -0.2) is 0 Å². The van der Waals surface area contributed by atoms with Crippen LogP contribution >= 0.6 is 34.9 Å². The summed E-state index contributed by atoms with van der Waals surface area (Å²) in [5, 5.41) is 2.36. The Morgan fingerprint density at radius 1 is 0.607 bits per heavy atom. The second-order valence-electron chi connectivity index (χ2n) is 6.39. The molecule has 5 heteroatoms. The van der Waals surface area contributed by atoms with Gasteiger partial charge >= 0.3 is 0 Å². The number of benzene rings is 2. The van der Waals surface area contributed by atoms with Crippen molar-refractivity contribution in [2.24, 2.45) is 0 Å². The van der Waals surface area contributed by atoms with Gasteiger partial charge in [0.05, 0.1) is 14.9 Å². The van der Waals surface area contributed by atoms with E-state index in [0.717, 1.165) is 14.6 Å². The molecule has 0 N–H and O–H groups in total. The van der Waals surface area contributed by atoms with E-state index in [1.54, 1.807) is 22.7 Å². The summed E-state index contributed by atoms with van der Waals surface area (Å²) in [5.74, 6) is 0. The van der Waals surface area contributed by atoms with E-state index in [1.807, 2.05) is 12.1 Å². The quantitative estimate of drug-likeness (QED) is 0.242. The molecule has 0 bridgehead atoms. The predicted molar refractivity (Wildman–Crippen MR) is 128 cm³/mol. The highest BCUT2D eigenvalue weighted by molar-refractivity contribution is 7.82. The van der Waals surface area contributed by atoms with Crippen molar-refractivity contribution in [3.63, 3.8) is 0 Å². The molecule has 2 aromatic carbocycles. The van der Waals surface area contributed by atoms with Gasteiger partial charge in [0.15, 0.2) is 0 Å². The molecule has 0 unspecified atom stereocenters. The summed E-state index contributed by atoms with van der Waals surface area (Å²) in [6.45, 7) is 0. The van der Waals surface area contributed by atoms with Gasteiger partial charge < -0.3 is 9.80 Å². The van der Waals surface area contributed by atoms with Crippen LogP contribution in [0.15, 0.2) is 84.9 Å². The third kappa shape index (κ3) is 3.87. The van der Waals surface area contributed by atoms with Crippen LogP contribution in [-0.2, 0) is 0 Å². The molecule has 0 radical (unpaired) electrons. The van der Waals surface area contributed by atoms with Crippen molar-refractivity contribution in [3.05, 3.63) is 94.7 Å². The molecule has 4 rings (SSSR count). The van der Waals surface area contributed by atoms with Crippen molar-refractivity contribution in [3.8, 4) is 0 Å². The summed E-state index contributed by atoms with van der Waals surface area (Å²) in [5.41, 5.74) is 2.34. The standard InChI is InChI=1S/C23H20N2S3/c1-24(17-9-5-3-6-10-17)21-15-13-19(27-21)23(26)20-14-16-22(28-20)25(2)18-11-7-4-8-12-18/h3-16H,1-2H3. The highest BCUT2D eigenvalue weighted by Crippen LogP contribution is 2.35. The summed E-state index contributed by atoms with van der Waals surface area (Å²) in [4.78, 5) is 7.56. The van der Waals surface area contributed by atoms with Gasteiger partial charge in [-0.1, -0.05) is 48.6 Å². The van der Waals surface area contributed by atoms with E-state index in [4.69, 9.17) is 12.2 Å². The normalized spacial score (nSPS) is 10.6. The third-order valence-corrected chi connectivity index (χ3v) is 7.64. The van der Waals surface area contributed by atoms with Crippen LogP contribution in [0.1, 0.15) is 9.75 Å². The molecule has 0 spiro atoms. The first-order valence-corrected chi connectivity index (χ1v) is 11.0. The summed E-state index contributed by atoms with van der Waals surface area (Å²) in [6.07, 6.45) is 0. The number of hydrogen-bond acceptors (Lipinski definition) is 5. The first-order valence-electron chi connectivity index (χ1n) is 8.95. The van der Waals surface area contributed by atoms with Crippen LogP contribution in [0.4, 0.5) is 21.4 Å². The minimum atomic E-state index is 0.912. The van der Waals surface area contributed by atoms with E-state index in [9.17, 15) is 0 Å². The van der Waals surface area contributed by atoms with Gasteiger partial charge in [0.2, 0.25) is 0 Å². The molecule has 4 aromatic rings. The maximum absolute atomic E-state index is 5.80. The smallest absolute Gasteiger partial charge is 0.0957 e. The molecule has 2 heterocycles. The van der Waals surface area contributed by atoms with Gasteiger partial charge in [0, 0.05) is 35.2 Å². The van der Waals surface area contributed by atoms with E-state index in [-0.39, 0.29) is 0 Å². The Morgan fingerprint density at radius 2 is 1.00 bits per heavy atom. The highest BCUT2D eigenvalue weighted by Gasteiger charge is 2.15. The molecule has 2 aromatic heterocycles. The SMILES string of the molecule is CN(c1ccccc1)c1ccc(C(=S)c2ccc(N(C)c3ccccc3)s2)s1. The molecular formula is C23H20N2S3. The summed E-state index contributed by atoms with van der Waals surface area (Å²) in [6, 6.07) is 29.3. The predicted octanol–water partition coefficient (Wildman–Crippen LogP) is 7.11. The molecule has 2 nitrogen and oxygen atoms in total. The van der Waals surface area contributed by atoms with Crippen molar-refractivity contribution >= 4 is 61.1 Å². The molecule has 0 fully saturated rings. The zero-order valence-corrected chi connectivity index (χ0v) is 18.2. The second kappa shape index (κ2) is 8.27. The summed E-state index contributed by atoms with van der Waals surface area (Å²) >= 11 is 9.27. The van der Waals surface area contributed by atoms with Crippen LogP contribution < -0.4 is 9.80 Å². The van der Waals surface area contributed by atoms with Gasteiger partial charge in [0.25, 0.3) is 0 Å². The number of rotatable bonds is 6. The van der Waals surface area contributed by atoms with Crippen molar-refractivity contribution in [1.29, 1.82) is 0 Å². The van der Waals surface area contributed by atoms with Gasteiger partial charge in [-0.3, -0.25) is 0 Å². The molecule has 140 valence electrons. The molecule has 0 atom stereocenters. The lowest BCUT2D eigenvalue weighted by Gasteiger charge is -2.17. The van der Waals surface area contributed by atoms with Crippen LogP contribution in [0.2, 0.25) is 0 Å². The van der Waals surface area contributed by atoms with Gasteiger partial charge in [0.1, 0.15) is 0 Å².